The predicted octanol–water partition coefficient (Wildman–Crippen LogP) is 1.83. The summed E-state index contributed by atoms with van der Waals surface area (Å²) < 4.78 is 7.58. The molecule has 112 valence electrons. The third-order valence-corrected chi connectivity index (χ3v) is 4.45. The van der Waals surface area contributed by atoms with Gasteiger partial charge in [0, 0.05) is 19.6 Å². The minimum absolute atomic E-state index is 0.0218. The Balaban J connectivity index is 1.90. The second kappa shape index (κ2) is 7.08. The van der Waals surface area contributed by atoms with Gasteiger partial charge in [0.25, 0.3) is 0 Å². The molecule has 0 aromatic carbocycles. The molecule has 0 radical (unpaired) electrons. The summed E-state index contributed by atoms with van der Waals surface area (Å²) in [6.07, 6.45) is 3.48. The third-order valence-electron chi connectivity index (χ3n) is 3.50. The van der Waals surface area contributed by atoms with E-state index in [0.717, 1.165) is 38.2 Å². The Morgan fingerprint density at radius 2 is 2.20 bits per heavy atom. The molecule has 1 aliphatic rings. The highest BCUT2D eigenvalue weighted by atomic mass is 32.2. The third kappa shape index (κ3) is 3.73. The van der Waals surface area contributed by atoms with Gasteiger partial charge in [-0.25, -0.2) is 0 Å². The topological polar surface area (TPSA) is 77.2 Å². The first kappa shape index (κ1) is 15.3. The van der Waals surface area contributed by atoms with Gasteiger partial charge < -0.3 is 14.4 Å². The lowest BCUT2D eigenvalue weighted by Crippen LogP contribution is -2.33. The second-order valence-electron chi connectivity index (χ2n) is 4.94. The molecule has 1 heterocycles. The summed E-state index contributed by atoms with van der Waals surface area (Å²) in [6, 6.07) is 0. The number of hydrogen-bond donors (Lipinski definition) is 1. The molecule has 0 atom stereocenters. The minimum Gasteiger partial charge on any atom is -0.481 e. The first-order valence-electron chi connectivity index (χ1n) is 7.02. The highest BCUT2D eigenvalue weighted by Crippen LogP contribution is 2.33. The molecule has 2 rings (SSSR count). The van der Waals surface area contributed by atoms with Crippen LogP contribution in [0.3, 0.4) is 0 Å². The van der Waals surface area contributed by atoms with E-state index in [0.29, 0.717) is 17.2 Å². The highest BCUT2D eigenvalue weighted by molar-refractivity contribution is 7.99. The average molecular weight is 299 g/mol. The van der Waals surface area contributed by atoms with E-state index in [4.69, 9.17) is 9.84 Å². The second-order valence-corrected chi connectivity index (χ2v) is 5.89. The summed E-state index contributed by atoms with van der Waals surface area (Å²) >= 11 is 1.23. The molecular weight excluding hydrogens is 278 g/mol. The number of nitrogens with zero attached hydrogens (tertiary/aromatic N) is 3. The Hall–Kier alpha value is -1.08. The van der Waals surface area contributed by atoms with Crippen LogP contribution in [-0.2, 0) is 22.5 Å². The van der Waals surface area contributed by atoms with Crippen LogP contribution in [0.15, 0.2) is 5.16 Å². The fourth-order valence-electron chi connectivity index (χ4n) is 2.49. The highest BCUT2D eigenvalue weighted by Gasteiger charge is 2.31. The molecule has 1 aromatic heterocycles. The predicted molar refractivity (Wildman–Crippen MR) is 75.9 cm³/mol. The van der Waals surface area contributed by atoms with Crippen LogP contribution in [0, 0.1) is 5.92 Å². The van der Waals surface area contributed by atoms with Crippen LogP contribution in [0.4, 0.5) is 0 Å². The lowest BCUT2D eigenvalue weighted by molar-refractivity contribution is -0.133. The SMILES string of the molecule is CCOC1CC(Cc2nnc(SCC(=O)O)n2CC)C1. The summed E-state index contributed by atoms with van der Waals surface area (Å²) in [7, 11) is 0. The van der Waals surface area contributed by atoms with Gasteiger partial charge in [-0.15, -0.1) is 10.2 Å². The molecule has 0 unspecified atom stereocenters. The van der Waals surface area contributed by atoms with E-state index < -0.39 is 5.97 Å². The van der Waals surface area contributed by atoms with Crippen molar-refractivity contribution in [1.82, 2.24) is 14.8 Å². The molecule has 1 saturated carbocycles. The largest absolute Gasteiger partial charge is 0.481 e. The van der Waals surface area contributed by atoms with Crippen molar-refractivity contribution in [3.05, 3.63) is 5.82 Å². The summed E-state index contributed by atoms with van der Waals surface area (Å²) in [5.74, 6) is 0.757. The number of thioether (sulfide) groups is 1. The van der Waals surface area contributed by atoms with Gasteiger partial charge in [0.15, 0.2) is 5.16 Å². The molecule has 0 bridgehead atoms. The number of aromatic nitrogens is 3. The van der Waals surface area contributed by atoms with Gasteiger partial charge in [0.1, 0.15) is 5.82 Å². The number of rotatable bonds is 8. The van der Waals surface area contributed by atoms with E-state index in [-0.39, 0.29) is 5.75 Å². The lowest BCUT2D eigenvalue weighted by Gasteiger charge is -2.34. The lowest BCUT2D eigenvalue weighted by atomic mass is 9.80. The molecule has 1 aliphatic carbocycles. The van der Waals surface area contributed by atoms with Crippen molar-refractivity contribution in [3.63, 3.8) is 0 Å². The van der Waals surface area contributed by atoms with Gasteiger partial charge in [0.2, 0.25) is 0 Å². The van der Waals surface area contributed by atoms with Crippen molar-refractivity contribution in [3.8, 4) is 0 Å². The summed E-state index contributed by atoms with van der Waals surface area (Å²) in [5, 5.41) is 17.7. The molecule has 6 nitrogen and oxygen atoms in total. The van der Waals surface area contributed by atoms with Crippen LogP contribution in [0.5, 0.6) is 0 Å². The first-order valence-corrected chi connectivity index (χ1v) is 8.00. The summed E-state index contributed by atoms with van der Waals surface area (Å²) in [4.78, 5) is 10.6. The fourth-order valence-corrected chi connectivity index (χ4v) is 3.23. The van der Waals surface area contributed by atoms with Crippen molar-refractivity contribution >= 4 is 17.7 Å². The molecule has 20 heavy (non-hydrogen) atoms. The molecule has 0 spiro atoms. The van der Waals surface area contributed by atoms with Crippen LogP contribution in [-0.4, -0.2) is 44.3 Å². The molecular formula is C13H21N3O3S. The molecule has 1 fully saturated rings. The van der Waals surface area contributed by atoms with Crippen molar-refractivity contribution < 1.29 is 14.6 Å². The maximum absolute atomic E-state index is 10.6. The smallest absolute Gasteiger partial charge is 0.313 e. The number of carboxylic acid groups (broad SMARTS) is 1. The van der Waals surface area contributed by atoms with Crippen molar-refractivity contribution in [2.24, 2.45) is 5.92 Å². The van der Waals surface area contributed by atoms with Crippen LogP contribution < -0.4 is 0 Å². The monoisotopic (exact) mass is 299 g/mol. The number of ether oxygens (including phenoxy) is 1. The Bertz CT molecular complexity index is 458. The van der Waals surface area contributed by atoms with Crippen LogP contribution >= 0.6 is 11.8 Å². The van der Waals surface area contributed by atoms with Crippen molar-refractivity contribution in [2.45, 2.75) is 50.9 Å². The number of carboxylic acids is 1. The zero-order valence-corrected chi connectivity index (χ0v) is 12.7. The van der Waals surface area contributed by atoms with Crippen molar-refractivity contribution in [2.75, 3.05) is 12.4 Å². The zero-order chi connectivity index (χ0) is 14.5. The van der Waals surface area contributed by atoms with E-state index in [1.54, 1.807) is 0 Å². The van der Waals surface area contributed by atoms with Gasteiger partial charge in [-0.3, -0.25) is 4.79 Å². The number of hydrogen-bond acceptors (Lipinski definition) is 5. The normalized spacial score (nSPS) is 21.7. The maximum atomic E-state index is 10.6. The quantitative estimate of drug-likeness (QED) is 0.738. The van der Waals surface area contributed by atoms with Crippen LogP contribution in [0.25, 0.3) is 0 Å². The standard InChI is InChI=1S/C13H21N3O3S/c1-3-16-11(7-9-5-10(6-9)19-4-2)14-15-13(16)20-8-12(17)18/h9-10H,3-8H2,1-2H3,(H,17,18). The molecule has 0 saturated heterocycles. The molecule has 7 heteroatoms. The van der Waals surface area contributed by atoms with Gasteiger partial charge in [-0.05, 0) is 32.6 Å². The van der Waals surface area contributed by atoms with Crippen LogP contribution in [0.2, 0.25) is 0 Å². The fraction of sp³-hybridized carbons (Fsp3) is 0.769. The van der Waals surface area contributed by atoms with Crippen LogP contribution in [0.1, 0.15) is 32.5 Å². The van der Waals surface area contributed by atoms with Gasteiger partial charge >= 0.3 is 5.97 Å². The summed E-state index contributed by atoms with van der Waals surface area (Å²) in [5.41, 5.74) is 0. The van der Waals surface area contributed by atoms with Crippen molar-refractivity contribution in [1.29, 1.82) is 0 Å². The minimum atomic E-state index is -0.833. The first-order chi connectivity index (χ1) is 9.63. The number of aliphatic carboxylic acids is 1. The van der Waals surface area contributed by atoms with Gasteiger partial charge in [-0.2, -0.15) is 0 Å². The Morgan fingerprint density at radius 1 is 1.45 bits per heavy atom. The Morgan fingerprint density at radius 3 is 2.80 bits per heavy atom. The average Bonchev–Trinajstić information content (AvgIpc) is 2.76. The van der Waals surface area contributed by atoms with Gasteiger partial charge in [-0.1, -0.05) is 11.8 Å². The molecule has 1 aromatic rings. The van der Waals surface area contributed by atoms with E-state index >= 15 is 0 Å². The van der Waals surface area contributed by atoms with E-state index in [1.807, 2.05) is 18.4 Å². The Labute approximate surface area is 122 Å². The van der Waals surface area contributed by atoms with E-state index in [1.165, 1.54) is 11.8 Å². The summed E-state index contributed by atoms with van der Waals surface area (Å²) in [6.45, 7) is 5.60. The van der Waals surface area contributed by atoms with E-state index in [9.17, 15) is 4.79 Å². The zero-order valence-electron chi connectivity index (χ0n) is 11.9. The van der Waals surface area contributed by atoms with Gasteiger partial charge in [0.05, 0.1) is 11.9 Å². The maximum Gasteiger partial charge on any atom is 0.313 e. The molecule has 0 amide bonds. The number of carbonyl (C=O) groups is 1. The molecule has 0 aliphatic heterocycles. The Kier molecular flexibility index (Phi) is 5.42. The van der Waals surface area contributed by atoms with E-state index in [2.05, 4.69) is 10.2 Å². The molecule has 1 N–H and O–H groups in total.